The van der Waals surface area contributed by atoms with Gasteiger partial charge in [-0.25, -0.2) is 4.79 Å². The van der Waals surface area contributed by atoms with Crippen LogP contribution in [0.5, 0.6) is 17.2 Å². The highest BCUT2D eigenvalue weighted by Gasteiger charge is 2.32. The van der Waals surface area contributed by atoms with Crippen LogP contribution in [0.1, 0.15) is 48.9 Å². The zero-order valence-electron chi connectivity index (χ0n) is 20.2. The number of rotatable bonds is 8. The molecule has 2 aromatic carbocycles. The van der Waals surface area contributed by atoms with Crippen molar-refractivity contribution in [2.24, 2.45) is 0 Å². The van der Waals surface area contributed by atoms with E-state index in [2.05, 4.69) is 6.92 Å². The third kappa shape index (κ3) is 4.74. The van der Waals surface area contributed by atoms with Crippen LogP contribution < -0.4 is 19.8 Å². The zero-order valence-corrected chi connectivity index (χ0v) is 20.2. The van der Waals surface area contributed by atoms with Gasteiger partial charge in [-0.2, -0.15) is 0 Å². The molecule has 1 aliphatic rings. The molecule has 2 heterocycles. The summed E-state index contributed by atoms with van der Waals surface area (Å²) in [5.41, 5.74) is 3.06. The quantitative estimate of drug-likeness (QED) is 0.444. The van der Waals surface area contributed by atoms with E-state index in [0.29, 0.717) is 35.8 Å². The summed E-state index contributed by atoms with van der Waals surface area (Å²) in [5.74, 6) is 1.99. The predicted octanol–water partition coefficient (Wildman–Crippen LogP) is 4.81. The summed E-state index contributed by atoms with van der Waals surface area (Å²) in [7, 11) is 3.22. The van der Waals surface area contributed by atoms with Gasteiger partial charge in [0, 0.05) is 30.5 Å². The number of hydrogen-bond donors (Lipinski definition) is 0. The van der Waals surface area contributed by atoms with Crippen molar-refractivity contribution in [1.29, 1.82) is 0 Å². The van der Waals surface area contributed by atoms with Gasteiger partial charge in [0.1, 0.15) is 17.9 Å². The highest BCUT2D eigenvalue weighted by atomic mass is 16.5. The Morgan fingerprint density at radius 2 is 1.88 bits per heavy atom. The molecule has 0 aliphatic carbocycles. The van der Waals surface area contributed by atoms with Crippen molar-refractivity contribution in [2.75, 3.05) is 27.4 Å². The molecule has 3 aromatic rings. The minimum absolute atomic E-state index is 0.121. The zero-order chi connectivity index (χ0) is 24.2. The lowest BCUT2D eigenvalue weighted by molar-refractivity contribution is -0.135. The van der Waals surface area contributed by atoms with E-state index in [4.69, 9.17) is 18.6 Å². The van der Waals surface area contributed by atoms with Crippen molar-refractivity contribution in [3.63, 3.8) is 0 Å². The predicted molar refractivity (Wildman–Crippen MR) is 130 cm³/mol. The molecular weight excluding hydrogens is 434 g/mol. The lowest BCUT2D eigenvalue weighted by Crippen LogP contribution is -2.42. The van der Waals surface area contributed by atoms with Crippen LogP contribution in [0.3, 0.4) is 0 Å². The normalized spacial score (nSPS) is 15.2. The molecule has 1 atom stereocenters. The van der Waals surface area contributed by atoms with Crippen LogP contribution in [0, 0.1) is 6.92 Å². The van der Waals surface area contributed by atoms with Gasteiger partial charge in [-0.3, -0.25) is 4.79 Å². The molecule has 0 spiro atoms. The first kappa shape index (κ1) is 23.7. The molecule has 7 heteroatoms. The molecule has 180 valence electrons. The summed E-state index contributed by atoms with van der Waals surface area (Å²) in [6, 6.07) is 10.6. The SMILES string of the molecule is CCCCC(=O)N1CCc2cc(OC)c(OC)cc2C1COc1ccc2c(C)cc(=O)oc2c1. The Kier molecular flexibility index (Phi) is 7.10. The maximum Gasteiger partial charge on any atom is 0.336 e. The van der Waals surface area contributed by atoms with Crippen LogP contribution >= 0.6 is 0 Å². The van der Waals surface area contributed by atoms with Gasteiger partial charge >= 0.3 is 5.63 Å². The molecule has 1 amide bonds. The van der Waals surface area contributed by atoms with E-state index in [1.54, 1.807) is 20.3 Å². The van der Waals surface area contributed by atoms with Crippen LogP contribution in [-0.2, 0) is 11.2 Å². The van der Waals surface area contributed by atoms with Gasteiger partial charge in [0.15, 0.2) is 11.5 Å². The molecule has 0 saturated carbocycles. The molecular formula is C27H31NO6. The molecule has 34 heavy (non-hydrogen) atoms. The number of unbranched alkanes of at least 4 members (excludes halogenated alkanes) is 1. The highest BCUT2D eigenvalue weighted by Crippen LogP contribution is 2.39. The monoisotopic (exact) mass is 465 g/mol. The Labute approximate surface area is 199 Å². The molecule has 7 nitrogen and oxygen atoms in total. The Morgan fingerprint density at radius 3 is 2.62 bits per heavy atom. The number of amides is 1. The van der Waals surface area contributed by atoms with E-state index >= 15 is 0 Å². The lowest BCUT2D eigenvalue weighted by Gasteiger charge is -2.37. The van der Waals surface area contributed by atoms with Gasteiger partial charge < -0.3 is 23.5 Å². The molecule has 1 unspecified atom stereocenters. The Hall–Kier alpha value is -3.48. The van der Waals surface area contributed by atoms with Crippen molar-refractivity contribution >= 4 is 16.9 Å². The average Bonchev–Trinajstić information content (AvgIpc) is 2.84. The molecule has 0 saturated heterocycles. The molecule has 0 radical (unpaired) electrons. The number of benzene rings is 2. The Balaban J connectivity index is 1.66. The molecule has 1 aliphatic heterocycles. The van der Waals surface area contributed by atoms with Gasteiger partial charge in [-0.15, -0.1) is 0 Å². The van der Waals surface area contributed by atoms with Crippen LogP contribution in [0.25, 0.3) is 11.0 Å². The first-order chi connectivity index (χ1) is 16.4. The van der Waals surface area contributed by atoms with E-state index in [1.165, 1.54) is 6.07 Å². The number of methoxy groups -OCH3 is 2. The summed E-state index contributed by atoms with van der Waals surface area (Å²) in [6.45, 7) is 4.84. The van der Waals surface area contributed by atoms with Crippen molar-refractivity contribution in [3.8, 4) is 17.2 Å². The van der Waals surface area contributed by atoms with Gasteiger partial charge in [-0.1, -0.05) is 13.3 Å². The fraction of sp³-hybridized carbons (Fsp3) is 0.407. The van der Waals surface area contributed by atoms with Crippen molar-refractivity contribution in [2.45, 2.75) is 45.6 Å². The topological polar surface area (TPSA) is 78.2 Å². The average molecular weight is 466 g/mol. The first-order valence-corrected chi connectivity index (χ1v) is 11.7. The van der Waals surface area contributed by atoms with Crippen molar-refractivity contribution in [3.05, 3.63) is 63.5 Å². The van der Waals surface area contributed by atoms with Crippen molar-refractivity contribution < 1.29 is 23.4 Å². The van der Waals surface area contributed by atoms with E-state index in [0.717, 1.165) is 41.3 Å². The minimum atomic E-state index is -0.392. The van der Waals surface area contributed by atoms with Crippen LogP contribution in [-0.4, -0.2) is 38.2 Å². The number of fused-ring (bicyclic) bond motifs is 2. The summed E-state index contributed by atoms with van der Waals surface area (Å²) >= 11 is 0. The van der Waals surface area contributed by atoms with Crippen LogP contribution in [0.2, 0.25) is 0 Å². The Morgan fingerprint density at radius 1 is 1.12 bits per heavy atom. The van der Waals surface area contributed by atoms with Gasteiger partial charge in [-0.05, 0) is 60.7 Å². The van der Waals surface area contributed by atoms with Crippen LogP contribution in [0.15, 0.2) is 45.6 Å². The third-order valence-corrected chi connectivity index (χ3v) is 6.40. The first-order valence-electron chi connectivity index (χ1n) is 11.7. The highest BCUT2D eigenvalue weighted by molar-refractivity contribution is 5.81. The fourth-order valence-electron chi connectivity index (χ4n) is 4.55. The largest absolute Gasteiger partial charge is 0.493 e. The summed E-state index contributed by atoms with van der Waals surface area (Å²) in [6.07, 6.45) is 3.06. The summed E-state index contributed by atoms with van der Waals surface area (Å²) < 4.78 is 22.6. The lowest BCUT2D eigenvalue weighted by atomic mass is 9.91. The minimum Gasteiger partial charge on any atom is -0.493 e. The second-order valence-electron chi connectivity index (χ2n) is 8.58. The van der Waals surface area contributed by atoms with Crippen molar-refractivity contribution in [1.82, 2.24) is 4.90 Å². The molecule has 4 rings (SSSR count). The number of carbonyl (C=O) groups excluding carboxylic acids is 1. The molecule has 1 aromatic heterocycles. The van der Waals surface area contributed by atoms with E-state index in [9.17, 15) is 9.59 Å². The smallest absolute Gasteiger partial charge is 0.336 e. The summed E-state index contributed by atoms with van der Waals surface area (Å²) in [4.78, 5) is 26.8. The Bertz CT molecular complexity index is 1250. The maximum absolute atomic E-state index is 13.1. The van der Waals surface area contributed by atoms with Gasteiger partial charge in [0.25, 0.3) is 0 Å². The number of carbonyl (C=O) groups is 1. The standard InChI is InChI=1S/C27H31NO6/c1-5-6-7-26(29)28-11-10-18-13-24(31-3)25(32-4)15-21(18)22(28)16-33-19-8-9-20-17(2)12-27(30)34-23(20)14-19/h8-9,12-15,22H,5-7,10-11,16H2,1-4H3. The summed E-state index contributed by atoms with van der Waals surface area (Å²) in [5, 5.41) is 0.864. The van der Waals surface area contributed by atoms with E-state index in [-0.39, 0.29) is 18.6 Å². The molecule has 0 bridgehead atoms. The van der Waals surface area contributed by atoms with E-state index < -0.39 is 5.63 Å². The van der Waals surface area contributed by atoms with Crippen LogP contribution in [0.4, 0.5) is 0 Å². The molecule has 0 fully saturated rings. The third-order valence-electron chi connectivity index (χ3n) is 6.40. The van der Waals surface area contributed by atoms with Gasteiger partial charge in [0.2, 0.25) is 5.91 Å². The second-order valence-corrected chi connectivity index (χ2v) is 8.58. The number of ether oxygens (including phenoxy) is 3. The van der Waals surface area contributed by atoms with Gasteiger partial charge in [0.05, 0.1) is 20.3 Å². The maximum atomic E-state index is 13.1. The fourth-order valence-corrected chi connectivity index (χ4v) is 4.55. The number of aryl methyl sites for hydroxylation is 1. The number of hydrogen-bond acceptors (Lipinski definition) is 6. The van der Waals surface area contributed by atoms with E-state index in [1.807, 2.05) is 36.1 Å². The second kappa shape index (κ2) is 10.2. The molecule has 0 N–H and O–H groups in total. The number of nitrogens with zero attached hydrogens (tertiary/aromatic N) is 1.